The Hall–Kier alpha value is -1.67. The number of piperidine rings is 1. The van der Waals surface area contributed by atoms with Gasteiger partial charge < -0.3 is 29.8 Å². The second kappa shape index (κ2) is 9.43. The first-order chi connectivity index (χ1) is 14.1. The molecule has 0 saturated carbocycles. The summed E-state index contributed by atoms with van der Waals surface area (Å²) in [7, 11) is 0. The van der Waals surface area contributed by atoms with Crippen molar-refractivity contribution < 1.29 is 9.84 Å². The molecule has 160 valence electrons. The van der Waals surface area contributed by atoms with Gasteiger partial charge in [-0.05, 0) is 36.8 Å². The number of aliphatic hydroxyl groups is 1. The van der Waals surface area contributed by atoms with Gasteiger partial charge in [-0.1, -0.05) is 13.8 Å². The molecule has 4 heterocycles. The molecule has 0 aromatic carbocycles. The summed E-state index contributed by atoms with van der Waals surface area (Å²) >= 11 is 0. The van der Waals surface area contributed by atoms with E-state index >= 15 is 0 Å². The van der Waals surface area contributed by atoms with Crippen LogP contribution in [0.1, 0.15) is 43.9 Å². The summed E-state index contributed by atoms with van der Waals surface area (Å²) in [5, 5.41) is 16.6. The fraction of sp³-hybridized carbons (Fsp3) is 0.682. The Balaban J connectivity index is 1.42. The molecule has 3 N–H and O–H groups in total. The minimum absolute atomic E-state index is 0.160. The first-order valence-electron chi connectivity index (χ1n) is 11.1. The number of ether oxygens (including phenoxy) is 1. The van der Waals surface area contributed by atoms with Crippen LogP contribution in [-0.4, -0.2) is 77.5 Å². The summed E-state index contributed by atoms with van der Waals surface area (Å²) in [5.74, 6) is 0.405. The largest absolute Gasteiger partial charge is 0.396 e. The first-order valence-corrected chi connectivity index (χ1v) is 11.1. The summed E-state index contributed by atoms with van der Waals surface area (Å²) in [6.45, 7) is 10.5. The molecule has 0 aliphatic carbocycles. The molecule has 0 radical (unpaired) electrons. The smallest absolute Gasteiger partial charge is 0.160 e. The summed E-state index contributed by atoms with van der Waals surface area (Å²) < 4.78 is 8.05. The number of fused-ring (bicyclic) bond motifs is 1. The number of pyridine rings is 1. The average Bonchev–Trinajstić information content (AvgIpc) is 3.15. The van der Waals surface area contributed by atoms with Gasteiger partial charge >= 0.3 is 0 Å². The van der Waals surface area contributed by atoms with E-state index in [1.54, 1.807) is 0 Å². The maximum Gasteiger partial charge on any atom is 0.160 e. The molecule has 0 unspecified atom stereocenters. The van der Waals surface area contributed by atoms with Crippen molar-refractivity contribution in [1.82, 2.24) is 19.6 Å². The molecule has 2 aliphatic rings. The van der Waals surface area contributed by atoms with E-state index in [1.165, 1.54) is 5.69 Å². The number of likely N-dealkylation sites (tertiary alicyclic amines) is 1. The van der Waals surface area contributed by atoms with Gasteiger partial charge in [0.15, 0.2) is 5.65 Å². The lowest BCUT2D eigenvalue weighted by molar-refractivity contribution is 0.00179. The highest BCUT2D eigenvalue weighted by Crippen LogP contribution is 2.26. The summed E-state index contributed by atoms with van der Waals surface area (Å²) in [5.41, 5.74) is 4.42. The standard InChI is InChI=1S/C22H35N5O2/c1-16(2)21-13-24-22-20(11-17(5-9-28)14-27(21)22)25-18-3-7-26(8-4-18)15-19-12-23-6-10-29-19/h11,13-14,16,18-19,23,25,28H,3-10,12,15H2,1-2H3/t19-/m0/s1. The van der Waals surface area contributed by atoms with Crippen LogP contribution in [0.2, 0.25) is 0 Å². The van der Waals surface area contributed by atoms with Gasteiger partial charge in [0.05, 0.1) is 18.4 Å². The lowest BCUT2D eigenvalue weighted by atomic mass is 10.0. The zero-order chi connectivity index (χ0) is 20.2. The molecule has 2 aromatic heterocycles. The summed E-state index contributed by atoms with van der Waals surface area (Å²) in [6, 6.07) is 2.61. The van der Waals surface area contributed by atoms with E-state index in [0.717, 1.165) is 69.1 Å². The van der Waals surface area contributed by atoms with Gasteiger partial charge in [0.2, 0.25) is 0 Å². The minimum Gasteiger partial charge on any atom is -0.396 e. The molecule has 7 heteroatoms. The van der Waals surface area contributed by atoms with Crippen molar-refractivity contribution >= 4 is 11.3 Å². The van der Waals surface area contributed by atoms with E-state index in [-0.39, 0.29) is 6.61 Å². The van der Waals surface area contributed by atoms with Crippen molar-refractivity contribution in [2.45, 2.75) is 51.2 Å². The van der Waals surface area contributed by atoms with Crippen molar-refractivity contribution in [2.75, 3.05) is 51.3 Å². The van der Waals surface area contributed by atoms with Crippen LogP contribution in [0, 0.1) is 0 Å². The van der Waals surface area contributed by atoms with Gasteiger partial charge in [0.25, 0.3) is 0 Å². The van der Waals surface area contributed by atoms with Gasteiger partial charge in [0.1, 0.15) is 0 Å². The van der Waals surface area contributed by atoms with Crippen LogP contribution >= 0.6 is 0 Å². The number of imidazole rings is 1. The van der Waals surface area contributed by atoms with Crippen LogP contribution in [0.3, 0.4) is 0 Å². The lowest BCUT2D eigenvalue weighted by Gasteiger charge is -2.36. The zero-order valence-electron chi connectivity index (χ0n) is 17.7. The van der Waals surface area contributed by atoms with E-state index in [1.807, 2.05) is 6.20 Å². The Morgan fingerprint density at radius 1 is 1.34 bits per heavy atom. The highest BCUT2D eigenvalue weighted by molar-refractivity contribution is 5.69. The van der Waals surface area contributed by atoms with Crippen molar-refractivity contribution in [1.29, 1.82) is 0 Å². The van der Waals surface area contributed by atoms with Crippen molar-refractivity contribution in [3.8, 4) is 0 Å². The predicted molar refractivity (Wildman–Crippen MR) is 116 cm³/mol. The third kappa shape index (κ3) is 4.91. The Morgan fingerprint density at radius 3 is 2.86 bits per heavy atom. The third-order valence-electron chi connectivity index (χ3n) is 6.10. The monoisotopic (exact) mass is 401 g/mol. The molecule has 2 aromatic rings. The van der Waals surface area contributed by atoms with E-state index in [0.29, 0.717) is 24.5 Å². The molecule has 2 aliphatic heterocycles. The Morgan fingerprint density at radius 2 is 2.17 bits per heavy atom. The molecule has 7 nitrogen and oxygen atoms in total. The highest BCUT2D eigenvalue weighted by Gasteiger charge is 2.24. The SMILES string of the molecule is CC(C)c1cnc2c(NC3CCN(C[C@@H]4CNCCO4)CC3)cc(CCO)cn12. The van der Waals surface area contributed by atoms with Gasteiger partial charge in [-0.15, -0.1) is 0 Å². The fourth-order valence-electron chi connectivity index (χ4n) is 4.47. The van der Waals surface area contributed by atoms with E-state index in [4.69, 9.17) is 9.72 Å². The molecule has 0 bridgehead atoms. The predicted octanol–water partition coefficient (Wildman–Crippen LogP) is 1.86. The summed E-state index contributed by atoms with van der Waals surface area (Å²) in [6.07, 6.45) is 7.33. The number of aromatic nitrogens is 2. The Labute approximate surface area is 173 Å². The quantitative estimate of drug-likeness (QED) is 0.658. The maximum absolute atomic E-state index is 9.43. The van der Waals surface area contributed by atoms with Crippen LogP contribution in [0.5, 0.6) is 0 Å². The van der Waals surface area contributed by atoms with E-state index in [9.17, 15) is 5.11 Å². The van der Waals surface area contributed by atoms with Crippen LogP contribution in [0.4, 0.5) is 5.69 Å². The molecular weight excluding hydrogens is 366 g/mol. The van der Waals surface area contributed by atoms with E-state index in [2.05, 4.69) is 46.0 Å². The average molecular weight is 402 g/mol. The lowest BCUT2D eigenvalue weighted by Crippen LogP contribution is -2.48. The number of anilines is 1. The third-order valence-corrected chi connectivity index (χ3v) is 6.10. The molecule has 0 amide bonds. The number of hydrogen-bond donors (Lipinski definition) is 3. The van der Waals surface area contributed by atoms with Crippen molar-refractivity contribution in [3.63, 3.8) is 0 Å². The molecule has 0 spiro atoms. The van der Waals surface area contributed by atoms with Gasteiger partial charge in [-0.2, -0.15) is 0 Å². The van der Waals surface area contributed by atoms with Crippen LogP contribution in [0.15, 0.2) is 18.5 Å². The Bertz CT molecular complexity index is 792. The van der Waals surface area contributed by atoms with Gasteiger partial charge in [-0.25, -0.2) is 4.98 Å². The van der Waals surface area contributed by atoms with Crippen molar-refractivity contribution in [2.24, 2.45) is 0 Å². The molecular formula is C22H35N5O2. The summed E-state index contributed by atoms with van der Waals surface area (Å²) in [4.78, 5) is 7.23. The second-order valence-corrected chi connectivity index (χ2v) is 8.68. The number of rotatable bonds is 7. The molecule has 4 rings (SSSR count). The number of hydrogen-bond acceptors (Lipinski definition) is 6. The number of nitrogens with zero attached hydrogens (tertiary/aromatic N) is 3. The molecule has 2 fully saturated rings. The van der Waals surface area contributed by atoms with Crippen molar-refractivity contribution in [3.05, 3.63) is 29.7 Å². The number of nitrogens with one attached hydrogen (secondary N) is 2. The maximum atomic E-state index is 9.43. The normalized spacial score (nSPS) is 21.9. The second-order valence-electron chi connectivity index (χ2n) is 8.68. The topological polar surface area (TPSA) is 74.1 Å². The van der Waals surface area contributed by atoms with E-state index < -0.39 is 0 Å². The molecule has 2 saturated heterocycles. The van der Waals surface area contributed by atoms with Gasteiger partial charge in [-0.3, -0.25) is 0 Å². The number of morpholine rings is 1. The highest BCUT2D eigenvalue weighted by atomic mass is 16.5. The number of aliphatic hydroxyl groups excluding tert-OH is 1. The minimum atomic E-state index is 0.160. The zero-order valence-corrected chi connectivity index (χ0v) is 17.7. The van der Waals surface area contributed by atoms with Crippen LogP contribution < -0.4 is 10.6 Å². The Kier molecular flexibility index (Phi) is 6.70. The first kappa shape index (κ1) is 20.6. The van der Waals surface area contributed by atoms with Gasteiger partial charge in [0, 0.05) is 63.5 Å². The molecule has 1 atom stereocenters. The van der Waals surface area contributed by atoms with Crippen LogP contribution in [-0.2, 0) is 11.2 Å². The fourth-order valence-corrected chi connectivity index (χ4v) is 4.47. The molecule has 29 heavy (non-hydrogen) atoms. The van der Waals surface area contributed by atoms with Crippen LogP contribution in [0.25, 0.3) is 5.65 Å².